The molecule has 15 heavy (non-hydrogen) atoms. The summed E-state index contributed by atoms with van der Waals surface area (Å²) in [6.45, 7) is 4.67. The lowest BCUT2D eigenvalue weighted by Gasteiger charge is -2.35. The van der Waals surface area contributed by atoms with Gasteiger partial charge in [0.1, 0.15) is 5.82 Å². The Morgan fingerprint density at radius 2 is 2.33 bits per heavy atom. The van der Waals surface area contributed by atoms with E-state index in [1.54, 1.807) is 0 Å². The zero-order valence-electron chi connectivity index (χ0n) is 9.33. The van der Waals surface area contributed by atoms with Crippen LogP contribution in [0.2, 0.25) is 0 Å². The predicted octanol–water partition coefficient (Wildman–Crippen LogP) is 3.21. The highest BCUT2D eigenvalue weighted by atomic mass is 127. The molecule has 84 valence electrons. The highest BCUT2D eigenvalue weighted by molar-refractivity contribution is 14.1. The molecule has 1 aromatic rings. The Morgan fingerprint density at radius 3 is 2.87 bits per heavy atom. The molecule has 0 amide bonds. The normalized spacial score (nSPS) is 25.4. The van der Waals surface area contributed by atoms with E-state index in [0.717, 1.165) is 9.39 Å². The van der Waals surface area contributed by atoms with Crippen LogP contribution < -0.4 is 5.73 Å². The van der Waals surface area contributed by atoms with E-state index < -0.39 is 0 Å². The maximum Gasteiger partial charge on any atom is 0.135 e. The largest absolute Gasteiger partial charge is 0.383 e. The number of nitrogens with two attached hydrogens (primary N) is 1. The predicted molar refractivity (Wildman–Crippen MR) is 70.6 cm³/mol. The molecule has 0 spiro atoms. The number of nitrogens with zero attached hydrogens (tertiary/aromatic N) is 2. The molecule has 1 aromatic heterocycles. The highest BCUT2D eigenvalue weighted by Gasteiger charge is 2.30. The summed E-state index contributed by atoms with van der Waals surface area (Å²) in [4.78, 5) is 0. The van der Waals surface area contributed by atoms with Gasteiger partial charge in [0.2, 0.25) is 0 Å². The minimum Gasteiger partial charge on any atom is -0.383 e. The van der Waals surface area contributed by atoms with Crippen LogP contribution in [0.3, 0.4) is 0 Å². The standard InChI is InChI=1S/C11H18IN3/c1-11(2)5-3-4-8(6-11)15-10(13)9(12)7-14-15/h7-8H,3-6,13H2,1-2H3. The monoisotopic (exact) mass is 319 g/mol. The number of hydrogen-bond acceptors (Lipinski definition) is 2. The molecule has 1 heterocycles. The molecular formula is C11H18IN3. The van der Waals surface area contributed by atoms with Crippen molar-refractivity contribution in [3.8, 4) is 0 Å². The van der Waals surface area contributed by atoms with Crippen LogP contribution in [0, 0.1) is 8.99 Å². The van der Waals surface area contributed by atoms with Gasteiger partial charge in [-0.05, 0) is 47.3 Å². The van der Waals surface area contributed by atoms with Crippen molar-refractivity contribution in [1.82, 2.24) is 9.78 Å². The summed E-state index contributed by atoms with van der Waals surface area (Å²) in [5, 5.41) is 4.39. The summed E-state index contributed by atoms with van der Waals surface area (Å²) in [5.74, 6) is 0.832. The van der Waals surface area contributed by atoms with Crippen LogP contribution in [0.1, 0.15) is 45.6 Å². The highest BCUT2D eigenvalue weighted by Crippen LogP contribution is 2.41. The number of aromatic nitrogens is 2. The van der Waals surface area contributed by atoms with Crippen molar-refractivity contribution in [2.24, 2.45) is 5.41 Å². The third-order valence-electron chi connectivity index (χ3n) is 3.31. The van der Waals surface area contributed by atoms with Crippen molar-refractivity contribution in [3.63, 3.8) is 0 Å². The molecule has 1 aliphatic rings. The lowest BCUT2D eigenvalue weighted by molar-refractivity contribution is 0.176. The van der Waals surface area contributed by atoms with Gasteiger partial charge in [0.15, 0.2) is 0 Å². The Bertz CT molecular complexity index is 357. The minimum absolute atomic E-state index is 0.437. The average molecular weight is 319 g/mol. The van der Waals surface area contributed by atoms with E-state index >= 15 is 0 Å². The van der Waals surface area contributed by atoms with E-state index in [4.69, 9.17) is 5.73 Å². The van der Waals surface area contributed by atoms with E-state index in [-0.39, 0.29) is 0 Å². The molecule has 2 rings (SSSR count). The molecule has 3 nitrogen and oxygen atoms in total. The summed E-state index contributed by atoms with van der Waals surface area (Å²) in [6.07, 6.45) is 6.87. The second-order valence-corrected chi connectivity index (χ2v) is 6.40. The fourth-order valence-electron chi connectivity index (χ4n) is 2.51. The lowest BCUT2D eigenvalue weighted by atomic mass is 9.75. The molecule has 0 bridgehead atoms. The summed E-state index contributed by atoms with van der Waals surface area (Å²) in [5.41, 5.74) is 6.45. The first kappa shape index (κ1) is 11.2. The van der Waals surface area contributed by atoms with E-state index in [0.29, 0.717) is 11.5 Å². The van der Waals surface area contributed by atoms with E-state index in [1.165, 1.54) is 25.7 Å². The zero-order valence-corrected chi connectivity index (χ0v) is 11.5. The van der Waals surface area contributed by atoms with Crippen molar-refractivity contribution >= 4 is 28.4 Å². The Hall–Kier alpha value is -0.260. The molecule has 1 atom stereocenters. The molecule has 1 aliphatic carbocycles. The minimum atomic E-state index is 0.437. The van der Waals surface area contributed by atoms with Crippen molar-refractivity contribution in [3.05, 3.63) is 9.77 Å². The van der Waals surface area contributed by atoms with Gasteiger partial charge in [0.05, 0.1) is 15.8 Å². The van der Waals surface area contributed by atoms with Gasteiger partial charge in [-0.3, -0.25) is 0 Å². The smallest absolute Gasteiger partial charge is 0.135 e. The third-order valence-corrected chi connectivity index (χ3v) is 4.14. The van der Waals surface area contributed by atoms with Crippen LogP contribution in [0.5, 0.6) is 0 Å². The first-order valence-corrected chi connectivity index (χ1v) is 6.56. The van der Waals surface area contributed by atoms with Gasteiger partial charge in [-0.1, -0.05) is 20.3 Å². The molecule has 2 N–H and O–H groups in total. The molecule has 1 saturated carbocycles. The molecule has 0 aliphatic heterocycles. The number of rotatable bonds is 1. The van der Waals surface area contributed by atoms with Crippen LogP contribution in [0.25, 0.3) is 0 Å². The molecule has 4 heteroatoms. The van der Waals surface area contributed by atoms with Crippen LogP contribution in [0.4, 0.5) is 5.82 Å². The quantitative estimate of drug-likeness (QED) is 0.808. The Labute approximate surface area is 105 Å². The first-order valence-electron chi connectivity index (χ1n) is 5.48. The fraction of sp³-hybridized carbons (Fsp3) is 0.727. The van der Waals surface area contributed by atoms with Crippen molar-refractivity contribution in [2.45, 2.75) is 45.6 Å². The summed E-state index contributed by atoms with van der Waals surface area (Å²) < 4.78 is 3.08. The zero-order chi connectivity index (χ0) is 11.1. The maximum absolute atomic E-state index is 6.01. The molecule has 0 radical (unpaired) electrons. The van der Waals surface area contributed by atoms with Crippen molar-refractivity contribution < 1.29 is 0 Å². The van der Waals surface area contributed by atoms with E-state index in [2.05, 4.69) is 41.5 Å². The Balaban J connectivity index is 2.21. The van der Waals surface area contributed by atoms with E-state index in [1.807, 2.05) is 10.9 Å². The molecule has 1 unspecified atom stereocenters. The number of hydrogen-bond donors (Lipinski definition) is 1. The molecule has 0 saturated heterocycles. The van der Waals surface area contributed by atoms with Gasteiger partial charge in [-0.25, -0.2) is 4.68 Å². The van der Waals surface area contributed by atoms with Crippen molar-refractivity contribution in [1.29, 1.82) is 0 Å². The Kier molecular flexibility index (Phi) is 2.96. The third kappa shape index (κ3) is 2.29. The first-order chi connectivity index (χ1) is 6.99. The maximum atomic E-state index is 6.01. The Morgan fingerprint density at radius 1 is 1.60 bits per heavy atom. The fourth-order valence-corrected chi connectivity index (χ4v) is 2.88. The molecular weight excluding hydrogens is 301 g/mol. The summed E-state index contributed by atoms with van der Waals surface area (Å²) in [6, 6.07) is 0.497. The van der Waals surface area contributed by atoms with Crippen LogP contribution in [0.15, 0.2) is 6.20 Å². The van der Waals surface area contributed by atoms with Gasteiger partial charge >= 0.3 is 0 Å². The second-order valence-electron chi connectivity index (χ2n) is 5.24. The van der Waals surface area contributed by atoms with Crippen LogP contribution in [-0.4, -0.2) is 9.78 Å². The lowest BCUT2D eigenvalue weighted by Crippen LogP contribution is -2.26. The average Bonchev–Trinajstić information content (AvgIpc) is 2.46. The van der Waals surface area contributed by atoms with Gasteiger partial charge in [-0.15, -0.1) is 0 Å². The topological polar surface area (TPSA) is 43.8 Å². The SMILES string of the molecule is CC1(C)CCCC(n2ncc(I)c2N)C1. The molecule has 0 aromatic carbocycles. The van der Waals surface area contributed by atoms with E-state index in [9.17, 15) is 0 Å². The second kappa shape index (κ2) is 3.96. The summed E-state index contributed by atoms with van der Waals surface area (Å²) >= 11 is 2.24. The van der Waals surface area contributed by atoms with Crippen LogP contribution >= 0.6 is 22.6 Å². The van der Waals surface area contributed by atoms with Crippen LogP contribution in [-0.2, 0) is 0 Å². The molecule has 1 fully saturated rings. The summed E-state index contributed by atoms with van der Waals surface area (Å²) in [7, 11) is 0. The van der Waals surface area contributed by atoms with Gasteiger partial charge in [0.25, 0.3) is 0 Å². The van der Waals surface area contributed by atoms with Crippen molar-refractivity contribution in [2.75, 3.05) is 5.73 Å². The van der Waals surface area contributed by atoms with Gasteiger partial charge < -0.3 is 5.73 Å². The van der Waals surface area contributed by atoms with Gasteiger partial charge in [0, 0.05) is 0 Å². The van der Waals surface area contributed by atoms with Gasteiger partial charge in [-0.2, -0.15) is 5.10 Å². The number of nitrogen functional groups attached to an aromatic ring is 1. The number of anilines is 1. The number of halogens is 1.